The molecule has 1 saturated heterocycles. The van der Waals surface area contributed by atoms with Crippen LogP contribution in [0, 0.1) is 0 Å². The number of benzene rings is 1. The summed E-state index contributed by atoms with van der Waals surface area (Å²) in [7, 11) is 0. The molecule has 1 aliphatic heterocycles. The summed E-state index contributed by atoms with van der Waals surface area (Å²) in [6.07, 6.45) is 2.77. The molecule has 0 unspecified atom stereocenters. The average Bonchev–Trinajstić information content (AvgIpc) is 2.98. The maximum Gasteiger partial charge on any atom is 0.251 e. The molecule has 1 aliphatic rings. The van der Waals surface area contributed by atoms with Crippen LogP contribution >= 0.6 is 0 Å². The summed E-state index contributed by atoms with van der Waals surface area (Å²) < 4.78 is 0. The molecule has 0 aliphatic carbocycles. The molecule has 5 nitrogen and oxygen atoms in total. The van der Waals surface area contributed by atoms with Gasteiger partial charge in [-0.25, -0.2) is 0 Å². The summed E-state index contributed by atoms with van der Waals surface area (Å²) in [4.78, 5) is 25.6. The molecule has 0 radical (unpaired) electrons. The predicted octanol–water partition coefficient (Wildman–Crippen LogP) is 2.09. The van der Waals surface area contributed by atoms with Crippen molar-refractivity contribution in [2.45, 2.75) is 51.7 Å². The summed E-state index contributed by atoms with van der Waals surface area (Å²) in [6.45, 7) is 5.48. The third-order valence-electron chi connectivity index (χ3n) is 4.66. The van der Waals surface area contributed by atoms with Crippen molar-refractivity contribution >= 4 is 11.8 Å². The molecule has 0 bridgehead atoms. The molecular weight excluding hydrogens is 292 g/mol. The molecule has 2 rings (SSSR count). The zero-order chi connectivity index (χ0) is 16.9. The molecule has 5 heteroatoms. The fourth-order valence-electron chi connectivity index (χ4n) is 2.70. The maximum absolute atomic E-state index is 12.1. The lowest BCUT2D eigenvalue weighted by molar-refractivity contribution is -0.128. The Morgan fingerprint density at radius 2 is 1.91 bits per heavy atom. The molecule has 0 spiro atoms. The maximum atomic E-state index is 12.1. The number of hydrogen-bond acceptors (Lipinski definition) is 3. The number of aliphatic hydroxyl groups is 1. The van der Waals surface area contributed by atoms with Crippen LogP contribution in [-0.2, 0) is 11.3 Å². The topological polar surface area (TPSA) is 69.6 Å². The summed E-state index contributed by atoms with van der Waals surface area (Å²) in [6, 6.07) is 7.29. The van der Waals surface area contributed by atoms with Gasteiger partial charge in [0.05, 0.1) is 5.60 Å². The summed E-state index contributed by atoms with van der Waals surface area (Å²) in [5, 5.41) is 13.0. The van der Waals surface area contributed by atoms with E-state index in [4.69, 9.17) is 0 Å². The minimum atomic E-state index is -0.842. The van der Waals surface area contributed by atoms with E-state index in [-0.39, 0.29) is 18.4 Å². The van der Waals surface area contributed by atoms with E-state index in [2.05, 4.69) is 5.32 Å². The van der Waals surface area contributed by atoms with Gasteiger partial charge in [-0.2, -0.15) is 0 Å². The van der Waals surface area contributed by atoms with Crippen LogP contribution in [0.2, 0.25) is 0 Å². The molecule has 0 atom stereocenters. The number of carbonyl (C=O) groups excluding carboxylic acids is 2. The van der Waals surface area contributed by atoms with Crippen LogP contribution in [0.25, 0.3) is 0 Å². The van der Waals surface area contributed by atoms with Crippen molar-refractivity contribution in [2.24, 2.45) is 0 Å². The van der Waals surface area contributed by atoms with Crippen molar-refractivity contribution in [1.82, 2.24) is 10.2 Å². The minimum absolute atomic E-state index is 0.186. The summed E-state index contributed by atoms with van der Waals surface area (Å²) in [5.74, 6) is 0.0133. The molecule has 0 aromatic heterocycles. The SMILES string of the molecule is CCC(O)(CC)CNC(=O)c1ccc(CN2CCCC2=O)cc1. The number of likely N-dealkylation sites (tertiary alicyclic amines) is 1. The van der Waals surface area contributed by atoms with E-state index in [0.29, 0.717) is 31.4 Å². The molecule has 126 valence electrons. The van der Waals surface area contributed by atoms with Gasteiger partial charge >= 0.3 is 0 Å². The van der Waals surface area contributed by atoms with E-state index in [1.165, 1.54) is 0 Å². The molecule has 1 aromatic rings. The Morgan fingerprint density at radius 1 is 1.26 bits per heavy atom. The van der Waals surface area contributed by atoms with Crippen molar-refractivity contribution in [1.29, 1.82) is 0 Å². The van der Waals surface area contributed by atoms with Crippen molar-refractivity contribution in [3.63, 3.8) is 0 Å². The third kappa shape index (κ3) is 4.55. The van der Waals surface area contributed by atoms with Gasteiger partial charge in [0, 0.05) is 31.6 Å². The van der Waals surface area contributed by atoms with Crippen molar-refractivity contribution in [2.75, 3.05) is 13.1 Å². The van der Waals surface area contributed by atoms with E-state index in [1.807, 2.05) is 30.9 Å². The quantitative estimate of drug-likeness (QED) is 0.809. The largest absolute Gasteiger partial charge is 0.388 e. The highest BCUT2D eigenvalue weighted by Crippen LogP contribution is 2.16. The van der Waals surface area contributed by atoms with Gasteiger partial charge in [-0.05, 0) is 37.0 Å². The Balaban J connectivity index is 1.91. The van der Waals surface area contributed by atoms with Gasteiger partial charge in [0.2, 0.25) is 5.91 Å². The second-order valence-electron chi connectivity index (χ2n) is 6.23. The Hall–Kier alpha value is -1.88. The van der Waals surface area contributed by atoms with Crippen LogP contribution in [0.15, 0.2) is 24.3 Å². The first-order valence-corrected chi connectivity index (χ1v) is 8.34. The van der Waals surface area contributed by atoms with Crippen LogP contribution in [0.4, 0.5) is 0 Å². The fourth-order valence-corrected chi connectivity index (χ4v) is 2.70. The molecule has 2 N–H and O–H groups in total. The third-order valence-corrected chi connectivity index (χ3v) is 4.66. The van der Waals surface area contributed by atoms with Gasteiger partial charge in [0.25, 0.3) is 5.91 Å². The van der Waals surface area contributed by atoms with Crippen molar-refractivity contribution in [3.8, 4) is 0 Å². The Kier molecular flexibility index (Phi) is 5.77. The molecule has 0 saturated carbocycles. The highest BCUT2D eigenvalue weighted by Gasteiger charge is 2.23. The van der Waals surface area contributed by atoms with Gasteiger partial charge in [0.15, 0.2) is 0 Å². The minimum Gasteiger partial charge on any atom is -0.388 e. The number of nitrogens with one attached hydrogen (secondary N) is 1. The van der Waals surface area contributed by atoms with E-state index in [0.717, 1.165) is 18.5 Å². The van der Waals surface area contributed by atoms with Gasteiger partial charge in [0.1, 0.15) is 0 Å². The first-order chi connectivity index (χ1) is 11.0. The highest BCUT2D eigenvalue weighted by molar-refractivity contribution is 5.94. The molecule has 1 fully saturated rings. The lowest BCUT2D eigenvalue weighted by Crippen LogP contribution is -2.42. The normalized spacial score (nSPS) is 15.1. The zero-order valence-corrected chi connectivity index (χ0v) is 14.0. The van der Waals surface area contributed by atoms with Crippen molar-refractivity contribution < 1.29 is 14.7 Å². The summed E-state index contributed by atoms with van der Waals surface area (Å²) in [5.41, 5.74) is 0.748. The lowest BCUT2D eigenvalue weighted by atomic mass is 9.97. The Morgan fingerprint density at radius 3 is 2.43 bits per heavy atom. The first kappa shape index (κ1) is 17.5. The van der Waals surface area contributed by atoms with Crippen LogP contribution in [-0.4, -0.2) is 40.5 Å². The lowest BCUT2D eigenvalue weighted by Gasteiger charge is -2.25. The van der Waals surface area contributed by atoms with Gasteiger partial charge in [-0.15, -0.1) is 0 Å². The molecule has 1 heterocycles. The second kappa shape index (κ2) is 7.59. The number of amides is 2. The van der Waals surface area contributed by atoms with Gasteiger partial charge in [-0.3, -0.25) is 9.59 Å². The average molecular weight is 318 g/mol. The molecular formula is C18H26N2O3. The number of nitrogens with zero attached hydrogens (tertiary/aromatic N) is 1. The predicted molar refractivity (Wildman–Crippen MR) is 89.0 cm³/mol. The van der Waals surface area contributed by atoms with E-state index < -0.39 is 5.60 Å². The Bertz CT molecular complexity index is 550. The number of rotatable bonds is 7. The van der Waals surface area contributed by atoms with Gasteiger partial charge < -0.3 is 15.3 Å². The molecule has 2 amide bonds. The zero-order valence-electron chi connectivity index (χ0n) is 14.0. The molecule has 1 aromatic carbocycles. The smallest absolute Gasteiger partial charge is 0.251 e. The van der Waals surface area contributed by atoms with Crippen LogP contribution in [0.1, 0.15) is 55.5 Å². The van der Waals surface area contributed by atoms with Crippen LogP contribution < -0.4 is 5.32 Å². The number of carbonyl (C=O) groups is 2. The van der Waals surface area contributed by atoms with Crippen molar-refractivity contribution in [3.05, 3.63) is 35.4 Å². The van der Waals surface area contributed by atoms with E-state index >= 15 is 0 Å². The van der Waals surface area contributed by atoms with E-state index in [1.54, 1.807) is 12.1 Å². The standard InChI is InChI=1S/C18H26N2O3/c1-3-18(23,4-2)13-19-17(22)15-9-7-14(8-10-15)12-20-11-5-6-16(20)21/h7-10,23H,3-6,11-13H2,1-2H3,(H,19,22). The Labute approximate surface area is 137 Å². The molecule has 23 heavy (non-hydrogen) atoms. The van der Waals surface area contributed by atoms with Gasteiger partial charge in [-0.1, -0.05) is 26.0 Å². The first-order valence-electron chi connectivity index (χ1n) is 8.34. The van der Waals surface area contributed by atoms with E-state index in [9.17, 15) is 14.7 Å². The monoisotopic (exact) mass is 318 g/mol. The second-order valence-corrected chi connectivity index (χ2v) is 6.23. The fraction of sp³-hybridized carbons (Fsp3) is 0.556. The summed E-state index contributed by atoms with van der Waals surface area (Å²) >= 11 is 0. The number of hydrogen-bond donors (Lipinski definition) is 2. The van der Waals surface area contributed by atoms with Crippen LogP contribution in [0.3, 0.4) is 0 Å². The van der Waals surface area contributed by atoms with Crippen LogP contribution in [0.5, 0.6) is 0 Å². The highest BCUT2D eigenvalue weighted by atomic mass is 16.3.